The Balaban J connectivity index is 1.54. The number of aryl methyl sites for hydroxylation is 4. The molecule has 0 radical (unpaired) electrons. The van der Waals surface area contributed by atoms with Crippen molar-refractivity contribution in [3.63, 3.8) is 0 Å². The van der Waals surface area contributed by atoms with E-state index in [1.807, 2.05) is 24.3 Å². The fraction of sp³-hybridized carbons (Fsp3) is 0.296. The van der Waals surface area contributed by atoms with Crippen molar-refractivity contribution in [3.05, 3.63) is 71.0 Å². The maximum absolute atomic E-state index is 11.0. The number of aliphatic carboxylic acids is 1. The maximum Gasteiger partial charge on any atom is 0.303 e. The van der Waals surface area contributed by atoms with Gasteiger partial charge in [0.15, 0.2) is 0 Å². The third-order valence-corrected chi connectivity index (χ3v) is 6.46. The first-order valence-electron chi connectivity index (χ1n) is 11.6. The topological polar surface area (TPSA) is 98.3 Å². The number of ether oxygens (including phenoxy) is 1. The lowest BCUT2D eigenvalue weighted by molar-refractivity contribution is -0.136. The number of carboxylic acid groups (broad SMARTS) is 1. The molecule has 0 saturated heterocycles. The first kappa shape index (κ1) is 23.9. The monoisotopic (exact) mass is 475 g/mol. The standard InChI is InChI=1S/C27H30N3O3P/c1-17-15-21(33-13-2-14-34)9-4-18(17)3-7-20-8-10-22-24(30-20)16-29-27-19(6-12-25(31)32)5-11-23(28)26(22)27/h4-5,8-11,15-16H,2-3,6-7,12-14,28,34H2,1H3,(H,31,32). The predicted molar refractivity (Wildman–Crippen MR) is 141 cm³/mol. The first-order chi connectivity index (χ1) is 16.5. The van der Waals surface area contributed by atoms with Gasteiger partial charge in [0, 0.05) is 28.6 Å². The number of pyridine rings is 2. The van der Waals surface area contributed by atoms with E-state index in [4.69, 9.17) is 20.6 Å². The molecule has 34 heavy (non-hydrogen) atoms. The zero-order valence-electron chi connectivity index (χ0n) is 19.4. The fourth-order valence-electron chi connectivity index (χ4n) is 4.19. The Morgan fingerprint density at radius 1 is 1.09 bits per heavy atom. The van der Waals surface area contributed by atoms with Crippen LogP contribution in [0.1, 0.15) is 35.2 Å². The average molecular weight is 476 g/mol. The quantitative estimate of drug-likeness (QED) is 0.143. The van der Waals surface area contributed by atoms with Gasteiger partial charge in [0.1, 0.15) is 5.75 Å². The molecule has 2 aromatic heterocycles. The van der Waals surface area contributed by atoms with Crippen molar-refractivity contribution in [1.82, 2.24) is 9.97 Å². The number of anilines is 1. The summed E-state index contributed by atoms with van der Waals surface area (Å²) in [5.74, 6) is 0.0898. The Hall–Kier alpha value is -3.24. The zero-order valence-corrected chi connectivity index (χ0v) is 20.5. The molecule has 0 aliphatic carbocycles. The molecule has 0 amide bonds. The van der Waals surface area contributed by atoms with Gasteiger partial charge in [0.2, 0.25) is 0 Å². The number of fused-ring (bicyclic) bond motifs is 3. The van der Waals surface area contributed by atoms with Crippen LogP contribution < -0.4 is 10.5 Å². The first-order valence-corrected chi connectivity index (χ1v) is 12.4. The van der Waals surface area contributed by atoms with E-state index in [2.05, 4.69) is 39.3 Å². The maximum atomic E-state index is 11.0. The highest BCUT2D eigenvalue weighted by Gasteiger charge is 2.12. The predicted octanol–water partition coefficient (Wildman–Crippen LogP) is 5.12. The van der Waals surface area contributed by atoms with Gasteiger partial charge in [-0.15, -0.1) is 9.24 Å². The van der Waals surface area contributed by atoms with Gasteiger partial charge < -0.3 is 15.6 Å². The summed E-state index contributed by atoms with van der Waals surface area (Å²) in [6.45, 7) is 2.85. The van der Waals surface area contributed by atoms with E-state index in [-0.39, 0.29) is 6.42 Å². The van der Waals surface area contributed by atoms with Gasteiger partial charge in [-0.05, 0) is 79.7 Å². The number of hydrogen-bond acceptors (Lipinski definition) is 5. The van der Waals surface area contributed by atoms with E-state index in [0.717, 1.165) is 70.8 Å². The summed E-state index contributed by atoms with van der Waals surface area (Å²) in [4.78, 5) is 20.5. The van der Waals surface area contributed by atoms with Crippen LogP contribution in [0, 0.1) is 6.92 Å². The molecule has 2 heterocycles. The number of carboxylic acids is 1. The van der Waals surface area contributed by atoms with Crippen LogP contribution in [-0.2, 0) is 24.1 Å². The summed E-state index contributed by atoms with van der Waals surface area (Å²) >= 11 is 0. The minimum Gasteiger partial charge on any atom is -0.494 e. The normalized spacial score (nSPS) is 11.2. The van der Waals surface area contributed by atoms with Gasteiger partial charge in [-0.25, -0.2) is 0 Å². The largest absolute Gasteiger partial charge is 0.494 e. The Labute approximate surface area is 201 Å². The van der Waals surface area contributed by atoms with Crippen molar-refractivity contribution in [1.29, 1.82) is 0 Å². The molecule has 0 fully saturated rings. The van der Waals surface area contributed by atoms with E-state index in [1.165, 1.54) is 11.1 Å². The van der Waals surface area contributed by atoms with Crippen LogP contribution in [0.25, 0.3) is 21.8 Å². The number of benzene rings is 2. The number of carbonyl (C=O) groups is 1. The fourth-order valence-corrected chi connectivity index (χ4v) is 4.36. The molecule has 0 aliphatic heterocycles. The molecule has 1 atom stereocenters. The van der Waals surface area contributed by atoms with Gasteiger partial charge in [-0.3, -0.25) is 14.8 Å². The van der Waals surface area contributed by atoms with Crippen molar-refractivity contribution in [3.8, 4) is 5.75 Å². The number of nitrogens with two attached hydrogens (primary N) is 1. The van der Waals surface area contributed by atoms with E-state index in [1.54, 1.807) is 6.20 Å². The van der Waals surface area contributed by atoms with Crippen molar-refractivity contribution < 1.29 is 14.6 Å². The Kier molecular flexibility index (Phi) is 7.59. The van der Waals surface area contributed by atoms with Gasteiger partial charge >= 0.3 is 5.97 Å². The summed E-state index contributed by atoms with van der Waals surface area (Å²) in [6, 6.07) is 14.1. The molecule has 4 aromatic rings. The molecule has 6 nitrogen and oxygen atoms in total. The Morgan fingerprint density at radius 2 is 1.91 bits per heavy atom. The molecular weight excluding hydrogens is 445 g/mol. The van der Waals surface area contributed by atoms with E-state index in [0.29, 0.717) is 12.1 Å². The smallest absolute Gasteiger partial charge is 0.303 e. The lowest BCUT2D eigenvalue weighted by Gasteiger charge is -2.12. The second kappa shape index (κ2) is 10.8. The highest BCUT2D eigenvalue weighted by atomic mass is 31.0. The second-order valence-electron chi connectivity index (χ2n) is 8.50. The number of rotatable bonds is 10. The van der Waals surface area contributed by atoms with Gasteiger partial charge in [-0.2, -0.15) is 0 Å². The molecule has 0 bridgehead atoms. The van der Waals surface area contributed by atoms with Crippen molar-refractivity contribution in [2.24, 2.45) is 0 Å². The molecule has 3 N–H and O–H groups in total. The summed E-state index contributed by atoms with van der Waals surface area (Å²) in [7, 11) is 2.72. The second-order valence-corrected chi connectivity index (χ2v) is 9.08. The molecule has 0 aliphatic rings. The number of hydrogen-bond donors (Lipinski definition) is 2. The van der Waals surface area contributed by atoms with Crippen molar-refractivity contribution in [2.75, 3.05) is 18.5 Å². The van der Waals surface area contributed by atoms with E-state index >= 15 is 0 Å². The highest BCUT2D eigenvalue weighted by Crippen LogP contribution is 2.31. The molecule has 0 saturated carbocycles. The summed E-state index contributed by atoms with van der Waals surface area (Å²) in [5, 5.41) is 10.8. The Bertz CT molecular complexity index is 1340. The van der Waals surface area contributed by atoms with Crippen molar-refractivity contribution in [2.45, 2.75) is 39.0 Å². The Morgan fingerprint density at radius 3 is 2.68 bits per heavy atom. The molecule has 176 valence electrons. The summed E-state index contributed by atoms with van der Waals surface area (Å²) < 4.78 is 5.80. The van der Waals surface area contributed by atoms with E-state index in [9.17, 15) is 4.79 Å². The minimum absolute atomic E-state index is 0.0559. The third kappa shape index (κ3) is 5.45. The number of aromatic nitrogens is 2. The third-order valence-electron chi connectivity index (χ3n) is 6.05. The van der Waals surface area contributed by atoms with Crippen LogP contribution in [0.3, 0.4) is 0 Å². The van der Waals surface area contributed by atoms with Gasteiger partial charge in [0.25, 0.3) is 0 Å². The number of nitrogens with zero attached hydrogens (tertiary/aromatic N) is 2. The van der Waals surface area contributed by atoms with Gasteiger partial charge in [0.05, 0.1) is 23.8 Å². The molecule has 7 heteroatoms. The molecule has 1 unspecified atom stereocenters. The lowest BCUT2D eigenvalue weighted by atomic mass is 10.00. The molecule has 2 aromatic carbocycles. The zero-order chi connectivity index (χ0) is 24.1. The minimum atomic E-state index is -0.829. The average Bonchev–Trinajstić information content (AvgIpc) is 2.82. The van der Waals surface area contributed by atoms with Crippen LogP contribution >= 0.6 is 9.24 Å². The van der Waals surface area contributed by atoms with Crippen LogP contribution in [-0.4, -0.2) is 33.8 Å². The van der Waals surface area contributed by atoms with Crippen LogP contribution in [0.4, 0.5) is 5.69 Å². The van der Waals surface area contributed by atoms with E-state index < -0.39 is 5.97 Å². The lowest BCUT2D eigenvalue weighted by Crippen LogP contribution is -2.02. The van der Waals surface area contributed by atoms with Gasteiger partial charge in [-0.1, -0.05) is 18.2 Å². The number of nitrogen functional groups attached to an aromatic ring is 1. The molecular formula is C27H30N3O3P. The molecule has 0 spiro atoms. The van der Waals surface area contributed by atoms with Crippen LogP contribution in [0.15, 0.2) is 48.7 Å². The van der Waals surface area contributed by atoms with Crippen LogP contribution in [0.2, 0.25) is 0 Å². The van der Waals surface area contributed by atoms with Crippen molar-refractivity contribution >= 4 is 42.7 Å². The molecule has 4 rings (SSSR count). The summed E-state index contributed by atoms with van der Waals surface area (Å²) in [5.41, 5.74) is 12.8. The highest BCUT2D eigenvalue weighted by molar-refractivity contribution is 7.16. The summed E-state index contributed by atoms with van der Waals surface area (Å²) in [6.07, 6.45) is 6.00. The van der Waals surface area contributed by atoms with Crippen LogP contribution in [0.5, 0.6) is 5.75 Å². The SMILES string of the molecule is Cc1cc(OCCCP)ccc1CCc1ccc2c(cnc3c(CCC(=O)O)ccc(N)c32)n1.